The highest BCUT2D eigenvalue weighted by Gasteiger charge is 2.70. The summed E-state index contributed by atoms with van der Waals surface area (Å²) < 4.78 is 0. The third-order valence-electron chi connectivity index (χ3n) is 14.1. The SMILES string of the molecule is CON(C)C(=O)[C@@]1(C)CC[C@]2(C)CC[C@]3(C)C(=CC(=O)[C@@H]4[C@@]5(C)CC[C@@H](NC(C)=O)C(C)(C)C5CC[C@]43C)[C@@H]2C1. The van der Waals surface area contributed by atoms with Gasteiger partial charge >= 0.3 is 0 Å². The van der Waals surface area contributed by atoms with E-state index >= 15 is 0 Å². The summed E-state index contributed by atoms with van der Waals surface area (Å²) in [4.78, 5) is 45.4. The molecule has 9 atom stereocenters. The van der Waals surface area contributed by atoms with Crippen LogP contribution in [0.5, 0.6) is 0 Å². The van der Waals surface area contributed by atoms with Gasteiger partial charge < -0.3 is 5.32 Å². The number of nitrogens with zero attached hydrogens (tertiary/aromatic N) is 1. The number of ketones is 1. The van der Waals surface area contributed by atoms with Crippen molar-refractivity contribution in [2.24, 2.45) is 50.2 Å². The minimum atomic E-state index is -0.495. The second kappa shape index (κ2) is 9.15. The quantitative estimate of drug-likeness (QED) is 0.405. The molecule has 40 heavy (non-hydrogen) atoms. The van der Waals surface area contributed by atoms with E-state index in [1.54, 1.807) is 21.1 Å². The Morgan fingerprint density at radius 2 is 1.60 bits per heavy atom. The van der Waals surface area contributed by atoms with Gasteiger partial charge in [-0.2, -0.15) is 0 Å². The lowest BCUT2D eigenvalue weighted by Gasteiger charge is -2.70. The number of carbonyl (C=O) groups excluding carboxylic acids is 3. The van der Waals surface area contributed by atoms with Gasteiger partial charge in [0.25, 0.3) is 5.91 Å². The van der Waals surface area contributed by atoms with Crippen molar-refractivity contribution in [3.8, 4) is 0 Å². The molecule has 4 saturated carbocycles. The molecule has 1 N–H and O–H groups in total. The molecule has 2 amide bonds. The number of hydrogen-bond acceptors (Lipinski definition) is 4. The van der Waals surface area contributed by atoms with Crippen molar-refractivity contribution >= 4 is 17.6 Å². The Morgan fingerprint density at radius 1 is 0.950 bits per heavy atom. The first-order valence-corrected chi connectivity index (χ1v) is 15.7. The van der Waals surface area contributed by atoms with Crippen molar-refractivity contribution in [3.05, 3.63) is 11.6 Å². The van der Waals surface area contributed by atoms with Crippen molar-refractivity contribution in [2.45, 2.75) is 119 Å². The molecule has 5 aliphatic rings. The Bertz CT molecular complexity index is 1140. The van der Waals surface area contributed by atoms with Crippen LogP contribution in [-0.2, 0) is 19.2 Å². The Labute approximate surface area is 242 Å². The summed E-state index contributed by atoms with van der Waals surface area (Å²) in [5.41, 5.74) is 0.569. The van der Waals surface area contributed by atoms with Crippen molar-refractivity contribution in [1.29, 1.82) is 0 Å². The number of nitrogens with one attached hydrogen (secondary N) is 1. The predicted molar refractivity (Wildman–Crippen MR) is 157 cm³/mol. The van der Waals surface area contributed by atoms with Gasteiger partial charge in [-0.1, -0.05) is 54.0 Å². The lowest BCUT2D eigenvalue weighted by atomic mass is 9.33. The zero-order valence-electron chi connectivity index (χ0n) is 26.8. The Balaban J connectivity index is 1.55. The van der Waals surface area contributed by atoms with Gasteiger partial charge in [-0.15, -0.1) is 0 Å². The normalized spacial score (nSPS) is 47.5. The van der Waals surface area contributed by atoms with E-state index in [1.165, 1.54) is 10.6 Å². The van der Waals surface area contributed by atoms with Gasteiger partial charge in [0.05, 0.1) is 7.11 Å². The standard InChI is InChI=1S/C34H54N2O4/c1-21(37)35-26-12-13-32(6)25(29(26,2)3)11-14-34(8)27(32)24(38)19-22-23-20-31(5,28(39)36(9)40-10)16-15-30(23,4)17-18-33(22,34)7/h19,23,25-27H,11-18,20H2,1-10H3,(H,35,37)/t23-,25?,26+,27+,30+,31-,32-,33+,34+/m0/s1. The summed E-state index contributed by atoms with van der Waals surface area (Å²) in [5.74, 6) is 0.968. The lowest BCUT2D eigenvalue weighted by Crippen LogP contribution is -2.67. The van der Waals surface area contributed by atoms with E-state index in [0.717, 1.165) is 57.8 Å². The topological polar surface area (TPSA) is 75.7 Å². The average Bonchev–Trinajstić information content (AvgIpc) is 2.87. The van der Waals surface area contributed by atoms with E-state index in [0.29, 0.717) is 11.7 Å². The number of hydrogen-bond donors (Lipinski definition) is 1. The van der Waals surface area contributed by atoms with Crippen LogP contribution < -0.4 is 5.32 Å². The van der Waals surface area contributed by atoms with Gasteiger partial charge in [0.15, 0.2) is 5.78 Å². The highest BCUT2D eigenvalue weighted by molar-refractivity contribution is 5.95. The van der Waals surface area contributed by atoms with Crippen molar-refractivity contribution in [2.75, 3.05) is 14.2 Å². The number of allylic oxidation sites excluding steroid dienone is 2. The van der Waals surface area contributed by atoms with Crippen LogP contribution in [0, 0.1) is 50.2 Å². The van der Waals surface area contributed by atoms with Crippen LogP contribution in [0.1, 0.15) is 113 Å². The molecule has 5 aliphatic carbocycles. The molecule has 1 unspecified atom stereocenters. The maximum atomic E-state index is 14.5. The highest BCUT2D eigenvalue weighted by Crippen LogP contribution is 2.75. The molecular formula is C34H54N2O4. The smallest absolute Gasteiger partial charge is 0.251 e. The third kappa shape index (κ3) is 3.86. The van der Waals surface area contributed by atoms with Crippen molar-refractivity contribution in [1.82, 2.24) is 10.4 Å². The summed E-state index contributed by atoms with van der Waals surface area (Å²) in [6, 6.07) is 0.144. The number of hydroxylamine groups is 2. The molecule has 224 valence electrons. The van der Waals surface area contributed by atoms with E-state index < -0.39 is 5.41 Å². The van der Waals surface area contributed by atoms with Crippen molar-refractivity contribution < 1.29 is 19.2 Å². The molecule has 0 aromatic heterocycles. The zero-order chi connectivity index (χ0) is 29.7. The first-order chi connectivity index (χ1) is 18.4. The molecule has 0 aromatic carbocycles. The van der Waals surface area contributed by atoms with Gasteiger partial charge in [0, 0.05) is 31.3 Å². The number of fused-ring (bicyclic) bond motifs is 7. The monoisotopic (exact) mass is 554 g/mol. The fourth-order valence-electron chi connectivity index (χ4n) is 11.3. The minimum Gasteiger partial charge on any atom is -0.353 e. The Hall–Kier alpha value is -1.69. The Morgan fingerprint density at radius 3 is 2.23 bits per heavy atom. The maximum absolute atomic E-state index is 14.5. The highest BCUT2D eigenvalue weighted by atomic mass is 16.7. The van der Waals surface area contributed by atoms with Crippen LogP contribution in [0.2, 0.25) is 0 Å². The summed E-state index contributed by atoms with van der Waals surface area (Å²) in [6.45, 7) is 18.1. The second-order valence-corrected chi connectivity index (χ2v) is 16.4. The summed E-state index contributed by atoms with van der Waals surface area (Å²) in [7, 11) is 3.26. The fourth-order valence-corrected chi connectivity index (χ4v) is 11.3. The molecule has 0 spiro atoms. The lowest BCUT2D eigenvalue weighted by molar-refractivity contribution is -0.193. The minimum absolute atomic E-state index is 0.0226. The number of carbonyl (C=O) groups is 3. The molecule has 5 rings (SSSR count). The van der Waals surface area contributed by atoms with E-state index in [4.69, 9.17) is 4.84 Å². The van der Waals surface area contributed by atoms with Crippen molar-refractivity contribution in [3.63, 3.8) is 0 Å². The summed E-state index contributed by atoms with van der Waals surface area (Å²) in [6.07, 6.45) is 11.0. The molecule has 0 saturated heterocycles. The van der Waals surface area contributed by atoms with Gasteiger partial charge in [-0.25, -0.2) is 5.06 Å². The van der Waals surface area contributed by atoms with Gasteiger partial charge in [0.1, 0.15) is 0 Å². The first-order valence-electron chi connectivity index (χ1n) is 15.7. The van der Waals surface area contributed by atoms with Crippen LogP contribution in [0.3, 0.4) is 0 Å². The molecule has 0 aliphatic heterocycles. The molecular weight excluding hydrogens is 500 g/mol. The van der Waals surface area contributed by atoms with E-state index in [1.807, 2.05) is 0 Å². The van der Waals surface area contributed by atoms with E-state index in [-0.39, 0.29) is 56.8 Å². The number of amides is 2. The predicted octanol–water partition coefficient (Wildman–Crippen LogP) is 6.49. The maximum Gasteiger partial charge on any atom is 0.251 e. The first kappa shape index (κ1) is 29.8. The van der Waals surface area contributed by atoms with Crippen LogP contribution in [0.15, 0.2) is 11.6 Å². The third-order valence-corrected chi connectivity index (χ3v) is 14.1. The average molecular weight is 555 g/mol. The summed E-state index contributed by atoms with van der Waals surface area (Å²) >= 11 is 0. The van der Waals surface area contributed by atoms with Gasteiger partial charge in [-0.05, 0) is 103 Å². The molecule has 6 nitrogen and oxygen atoms in total. The van der Waals surface area contributed by atoms with Crippen LogP contribution in [0.25, 0.3) is 0 Å². The van der Waals surface area contributed by atoms with E-state index in [9.17, 15) is 14.4 Å². The van der Waals surface area contributed by atoms with Crippen LogP contribution in [-0.4, -0.2) is 42.9 Å². The van der Waals surface area contributed by atoms with Gasteiger partial charge in [0.2, 0.25) is 5.91 Å². The fraction of sp³-hybridized carbons (Fsp3) is 0.853. The Kier molecular flexibility index (Phi) is 6.82. The summed E-state index contributed by atoms with van der Waals surface area (Å²) in [5, 5.41) is 4.65. The number of rotatable bonds is 3. The largest absolute Gasteiger partial charge is 0.353 e. The molecule has 0 aromatic rings. The zero-order valence-corrected chi connectivity index (χ0v) is 26.8. The van der Waals surface area contributed by atoms with Crippen LogP contribution >= 0.6 is 0 Å². The molecule has 0 bridgehead atoms. The van der Waals surface area contributed by atoms with E-state index in [2.05, 4.69) is 59.9 Å². The second-order valence-electron chi connectivity index (χ2n) is 16.4. The molecule has 0 heterocycles. The van der Waals surface area contributed by atoms with Crippen LogP contribution in [0.4, 0.5) is 0 Å². The molecule has 6 heteroatoms. The van der Waals surface area contributed by atoms with Gasteiger partial charge in [-0.3, -0.25) is 19.2 Å². The molecule has 4 fully saturated rings. The molecule has 0 radical (unpaired) electrons.